The molecule has 1 aromatic carbocycles. The molecular weight excluding hydrogens is 382 g/mol. The van der Waals surface area contributed by atoms with Crippen molar-refractivity contribution in [1.29, 1.82) is 0 Å². The van der Waals surface area contributed by atoms with Gasteiger partial charge in [-0.25, -0.2) is 13.2 Å². The van der Waals surface area contributed by atoms with Crippen LogP contribution < -0.4 is 15.8 Å². The van der Waals surface area contributed by atoms with E-state index in [2.05, 4.69) is 25.0 Å². The van der Waals surface area contributed by atoms with Gasteiger partial charge < -0.3 is 20.5 Å². The highest BCUT2D eigenvalue weighted by Crippen LogP contribution is 2.21. The summed E-state index contributed by atoms with van der Waals surface area (Å²) in [5.74, 6) is -1.55. The molecule has 0 aliphatic heterocycles. The van der Waals surface area contributed by atoms with Crippen molar-refractivity contribution in [2.75, 3.05) is 19.5 Å². The minimum Gasteiger partial charge on any atom is -0.467 e. The van der Waals surface area contributed by atoms with E-state index in [-0.39, 0.29) is 33.4 Å². The van der Waals surface area contributed by atoms with Gasteiger partial charge >= 0.3 is 12.0 Å². The summed E-state index contributed by atoms with van der Waals surface area (Å²) < 4.78 is 35.1. The van der Waals surface area contributed by atoms with E-state index >= 15 is 0 Å². The third-order valence-corrected chi connectivity index (χ3v) is 4.79. The fraction of sp³-hybridized carbons (Fsp3) is 0.214. The Morgan fingerprint density at radius 3 is 2.54 bits per heavy atom. The van der Waals surface area contributed by atoms with Crippen LogP contribution in [0, 0.1) is 0 Å². The summed E-state index contributed by atoms with van der Waals surface area (Å²) in [5, 5.41) is 2.37. The Hall–Kier alpha value is -2.86. The maximum atomic E-state index is 12.8. The molecule has 0 bridgehead atoms. The van der Waals surface area contributed by atoms with Crippen LogP contribution in [-0.2, 0) is 20.3 Å². The van der Waals surface area contributed by atoms with Gasteiger partial charge in [-0.15, -0.1) is 0 Å². The van der Waals surface area contributed by atoms with E-state index in [9.17, 15) is 13.2 Å². The first-order chi connectivity index (χ1) is 12.3. The largest absolute Gasteiger partial charge is 0.467 e. The van der Waals surface area contributed by atoms with Gasteiger partial charge in [0.05, 0.1) is 24.7 Å². The smallest absolute Gasteiger partial charge is 0.339 e. The van der Waals surface area contributed by atoms with Gasteiger partial charge in [-0.1, -0.05) is 12.1 Å². The summed E-state index contributed by atoms with van der Waals surface area (Å²) in [5.41, 5.74) is 5.28. The molecule has 1 aromatic heterocycles. The average Bonchev–Trinajstić information content (AvgIpc) is 2.59. The Bertz CT molecular complexity index is 948. The van der Waals surface area contributed by atoms with E-state index in [4.69, 9.17) is 22.7 Å². The molecule has 12 heteroatoms. The molecule has 138 valence electrons. The molecule has 1 heterocycles. The van der Waals surface area contributed by atoms with Gasteiger partial charge in [-0.2, -0.15) is 15.0 Å². The second-order valence-electron chi connectivity index (χ2n) is 4.80. The fourth-order valence-electron chi connectivity index (χ4n) is 1.98. The minimum absolute atomic E-state index is 0.0594. The van der Waals surface area contributed by atoms with Crippen molar-refractivity contribution in [2.45, 2.75) is 10.6 Å². The molecule has 0 saturated heterocycles. The van der Waals surface area contributed by atoms with Crippen molar-refractivity contribution >= 4 is 39.1 Å². The topological polar surface area (TPSA) is 146 Å². The molecule has 2 aromatic rings. The lowest BCUT2D eigenvalue weighted by atomic mass is 10.2. The molecule has 3 N–H and O–H groups in total. The number of nitrogens with one attached hydrogen (secondary N) is 1. The molecule has 0 aliphatic carbocycles. The molecule has 0 fully saturated rings. The quantitative estimate of drug-likeness (QED) is 0.512. The lowest BCUT2D eigenvalue weighted by Gasteiger charge is -2.10. The summed E-state index contributed by atoms with van der Waals surface area (Å²) >= 11 is 4.70. The predicted molar refractivity (Wildman–Crippen MR) is 95.5 cm³/mol. The van der Waals surface area contributed by atoms with E-state index in [1.807, 2.05) is 0 Å². The average molecular weight is 397 g/mol. The second-order valence-corrected chi connectivity index (χ2v) is 7.20. The van der Waals surface area contributed by atoms with E-state index < -0.39 is 21.6 Å². The number of carbonyl (C=O) groups is 1. The molecule has 0 amide bonds. The number of ether oxygens (including phenoxy) is 2. The van der Waals surface area contributed by atoms with Crippen molar-refractivity contribution < 1.29 is 22.7 Å². The van der Waals surface area contributed by atoms with Crippen LogP contribution in [0.25, 0.3) is 0 Å². The SMILES string of the molecule is COC(=O)c1ccccc1S(=O)(=O)Cc1nc(NC(N)=S)nc(OC)n1. The standard InChI is InChI=1S/C14H15N5O5S2/c1-23-11(20)8-5-3-4-6-9(8)26(21,22)7-10-16-13(18-12(15)25)19-14(17-10)24-2/h3-6H,7H2,1-2H3,(H3,15,16,17,18,19,25). The van der Waals surface area contributed by atoms with Gasteiger partial charge in [0.2, 0.25) is 5.95 Å². The molecular formula is C14H15N5O5S2. The zero-order valence-corrected chi connectivity index (χ0v) is 15.4. The number of nitrogens with zero attached hydrogens (tertiary/aromatic N) is 3. The minimum atomic E-state index is -3.97. The molecule has 2 rings (SSSR count). The Balaban J connectivity index is 2.44. The summed E-state index contributed by atoms with van der Waals surface area (Å²) in [6.45, 7) is 0. The lowest BCUT2D eigenvalue weighted by molar-refractivity contribution is 0.0596. The normalized spacial score (nSPS) is 10.8. The van der Waals surface area contributed by atoms with Crippen LogP contribution in [0.15, 0.2) is 29.2 Å². The number of hydrogen-bond donors (Lipinski definition) is 2. The molecule has 0 atom stereocenters. The van der Waals surface area contributed by atoms with Crippen molar-refractivity contribution in [3.05, 3.63) is 35.7 Å². The molecule has 0 unspecified atom stereocenters. The first-order valence-corrected chi connectivity index (χ1v) is 9.08. The number of anilines is 1. The Morgan fingerprint density at radius 2 is 1.92 bits per heavy atom. The number of esters is 1. The van der Waals surface area contributed by atoms with Crippen LogP contribution in [0.4, 0.5) is 5.95 Å². The number of aromatic nitrogens is 3. The third kappa shape index (κ3) is 4.61. The first kappa shape index (κ1) is 19.5. The van der Waals surface area contributed by atoms with E-state index in [0.717, 1.165) is 7.11 Å². The van der Waals surface area contributed by atoms with Gasteiger partial charge in [-0.3, -0.25) is 0 Å². The van der Waals surface area contributed by atoms with Crippen molar-refractivity contribution in [3.63, 3.8) is 0 Å². The van der Waals surface area contributed by atoms with Gasteiger partial charge in [-0.05, 0) is 24.4 Å². The highest BCUT2D eigenvalue weighted by atomic mass is 32.2. The van der Waals surface area contributed by atoms with Crippen LogP contribution >= 0.6 is 12.2 Å². The summed E-state index contributed by atoms with van der Waals surface area (Å²) in [6.07, 6.45) is 0. The first-order valence-electron chi connectivity index (χ1n) is 7.02. The number of hydrogen-bond acceptors (Lipinski definition) is 9. The molecule has 0 saturated carbocycles. The third-order valence-electron chi connectivity index (χ3n) is 3.03. The van der Waals surface area contributed by atoms with Gasteiger partial charge in [0.1, 0.15) is 5.75 Å². The van der Waals surface area contributed by atoms with Crippen molar-refractivity contribution in [3.8, 4) is 6.01 Å². The van der Waals surface area contributed by atoms with Crippen molar-refractivity contribution in [1.82, 2.24) is 15.0 Å². The Morgan fingerprint density at radius 1 is 1.23 bits per heavy atom. The molecule has 0 spiro atoms. The number of thiocarbonyl (C=S) groups is 1. The number of nitrogens with two attached hydrogens (primary N) is 1. The molecule has 0 radical (unpaired) electrons. The van der Waals surface area contributed by atoms with Gasteiger partial charge in [0, 0.05) is 0 Å². The highest BCUT2D eigenvalue weighted by Gasteiger charge is 2.25. The molecule has 26 heavy (non-hydrogen) atoms. The second kappa shape index (κ2) is 8.01. The Kier molecular flexibility index (Phi) is 6.00. The van der Waals surface area contributed by atoms with Crippen LogP contribution in [0.3, 0.4) is 0 Å². The zero-order chi connectivity index (χ0) is 19.3. The molecule has 10 nitrogen and oxygen atoms in total. The van der Waals surface area contributed by atoms with E-state index in [1.54, 1.807) is 0 Å². The Labute approximate surface area is 154 Å². The fourth-order valence-corrected chi connectivity index (χ4v) is 3.47. The summed E-state index contributed by atoms with van der Waals surface area (Å²) in [6, 6.07) is 5.56. The zero-order valence-electron chi connectivity index (χ0n) is 13.8. The van der Waals surface area contributed by atoms with Gasteiger partial charge in [0.15, 0.2) is 20.8 Å². The number of rotatable bonds is 6. The van der Waals surface area contributed by atoms with Crippen molar-refractivity contribution in [2.24, 2.45) is 5.73 Å². The van der Waals surface area contributed by atoms with E-state index in [1.165, 1.54) is 31.4 Å². The summed E-state index contributed by atoms with van der Waals surface area (Å²) in [4.78, 5) is 23.3. The highest BCUT2D eigenvalue weighted by molar-refractivity contribution is 7.90. The maximum Gasteiger partial charge on any atom is 0.339 e. The van der Waals surface area contributed by atoms with Gasteiger partial charge in [0.25, 0.3) is 0 Å². The van der Waals surface area contributed by atoms with Crippen LogP contribution in [-0.4, -0.2) is 48.7 Å². The van der Waals surface area contributed by atoms with Crippen LogP contribution in [0.1, 0.15) is 16.2 Å². The predicted octanol–water partition coefficient (Wildman–Crippen LogP) is 0.296. The monoisotopic (exact) mass is 397 g/mol. The van der Waals surface area contributed by atoms with Crippen LogP contribution in [0.2, 0.25) is 0 Å². The molecule has 0 aliphatic rings. The maximum absolute atomic E-state index is 12.8. The number of sulfone groups is 1. The number of benzene rings is 1. The van der Waals surface area contributed by atoms with E-state index in [0.29, 0.717) is 0 Å². The number of methoxy groups -OCH3 is 2. The van der Waals surface area contributed by atoms with Crippen LogP contribution in [0.5, 0.6) is 6.01 Å². The number of carbonyl (C=O) groups excluding carboxylic acids is 1. The summed E-state index contributed by atoms with van der Waals surface area (Å²) in [7, 11) is -1.50. The lowest BCUT2D eigenvalue weighted by Crippen LogP contribution is -2.22.